The summed E-state index contributed by atoms with van der Waals surface area (Å²) in [6.45, 7) is 2.70. The third-order valence-corrected chi connectivity index (χ3v) is 3.60. The molecule has 0 heterocycles. The zero-order chi connectivity index (χ0) is 18.1. The Morgan fingerprint density at radius 3 is 2.26 bits per heavy atom. The molecule has 1 rings (SSSR count). The molecule has 0 saturated carbocycles. The Hall–Kier alpha value is -1.83. The minimum absolute atomic E-state index is 0.105. The van der Waals surface area contributed by atoms with Crippen LogP contribution in [0.15, 0.2) is 18.2 Å². The molecule has 0 radical (unpaired) electrons. The number of carbonyl (C=O) groups is 1. The van der Waals surface area contributed by atoms with Gasteiger partial charge in [0.05, 0.1) is 13.5 Å². The van der Waals surface area contributed by atoms with Crippen LogP contribution in [0.25, 0.3) is 0 Å². The predicted molar refractivity (Wildman–Crippen MR) is 73.9 cm³/mol. The highest BCUT2D eigenvalue weighted by Gasteiger charge is 2.57. The Bertz CT molecular complexity index is 583. The Labute approximate surface area is 130 Å². The lowest BCUT2D eigenvalue weighted by Crippen LogP contribution is -2.50. The van der Waals surface area contributed by atoms with Gasteiger partial charge in [0, 0.05) is 5.56 Å². The summed E-state index contributed by atoms with van der Waals surface area (Å²) in [6.07, 6.45) is -7.61. The number of aliphatic carboxylic acids is 1. The molecule has 23 heavy (non-hydrogen) atoms. The number of halogens is 4. The van der Waals surface area contributed by atoms with Crippen LogP contribution in [0.5, 0.6) is 5.75 Å². The quantitative estimate of drug-likeness (QED) is 0.781. The van der Waals surface area contributed by atoms with E-state index in [-0.39, 0.29) is 11.3 Å². The van der Waals surface area contributed by atoms with Gasteiger partial charge in [-0.2, -0.15) is 13.2 Å². The lowest BCUT2D eigenvalue weighted by atomic mass is 9.73. The summed E-state index contributed by atoms with van der Waals surface area (Å²) in [5.74, 6) is -2.31. The van der Waals surface area contributed by atoms with E-state index in [9.17, 15) is 27.5 Å². The molecule has 0 fully saturated rings. The van der Waals surface area contributed by atoms with E-state index < -0.39 is 41.8 Å². The van der Waals surface area contributed by atoms with Gasteiger partial charge < -0.3 is 14.9 Å². The minimum Gasteiger partial charge on any atom is -0.496 e. The van der Waals surface area contributed by atoms with E-state index in [0.29, 0.717) is 0 Å². The number of aliphatic hydroxyl groups is 1. The van der Waals surface area contributed by atoms with Crippen LogP contribution in [-0.2, 0) is 10.2 Å². The first-order valence-corrected chi connectivity index (χ1v) is 6.67. The van der Waals surface area contributed by atoms with Crippen molar-refractivity contribution < 1.29 is 37.3 Å². The fraction of sp³-hybridized carbons (Fsp3) is 0.533. The van der Waals surface area contributed by atoms with Gasteiger partial charge in [-0.1, -0.05) is 13.8 Å². The van der Waals surface area contributed by atoms with Gasteiger partial charge in [0.15, 0.2) is 5.60 Å². The molecule has 130 valence electrons. The van der Waals surface area contributed by atoms with Crippen molar-refractivity contribution in [1.29, 1.82) is 0 Å². The lowest BCUT2D eigenvalue weighted by molar-refractivity contribution is -0.269. The van der Waals surface area contributed by atoms with E-state index in [1.54, 1.807) is 0 Å². The molecule has 2 N–H and O–H groups in total. The fourth-order valence-corrected chi connectivity index (χ4v) is 2.55. The molecule has 0 aliphatic carbocycles. The Morgan fingerprint density at radius 1 is 1.26 bits per heavy atom. The molecule has 1 aromatic carbocycles. The van der Waals surface area contributed by atoms with Crippen LogP contribution < -0.4 is 4.74 Å². The number of rotatable bonds is 6. The van der Waals surface area contributed by atoms with Gasteiger partial charge in [0.25, 0.3) is 0 Å². The monoisotopic (exact) mass is 338 g/mol. The van der Waals surface area contributed by atoms with E-state index in [1.165, 1.54) is 27.0 Å². The van der Waals surface area contributed by atoms with Crippen molar-refractivity contribution in [1.82, 2.24) is 0 Å². The maximum Gasteiger partial charge on any atom is 0.417 e. The highest BCUT2D eigenvalue weighted by Crippen LogP contribution is 2.45. The second-order valence-corrected chi connectivity index (χ2v) is 6.01. The normalized spacial score (nSPS) is 15.1. The van der Waals surface area contributed by atoms with Crippen molar-refractivity contribution in [3.63, 3.8) is 0 Å². The van der Waals surface area contributed by atoms with E-state index in [1.807, 2.05) is 0 Å². The predicted octanol–water partition coefficient (Wildman–Crippen LogP) is 3.27. The molecule has 0 saturated heterocycles. The maximum absolute atomic E-state index is 13.5. The Morgan fingerprint density at radius 2 is 1.83 bits per heavy atom. The number of hydrogen-bond donors (Lipinski definition) is 2. The van der Waals surface area contributed by atoms with Crippen molar-refractivity contribution >= 4 is 5.97 Å². The fourth-order valence-electron chi connectivity index (χ4n) is 2.55. The van der Waals surface area contributed by atoms with Gasteiger partial charge in [-0.3, -0.25) is 4.79 Å². The van der Waals surface area contributed by atoms with Crippen molar-refractivity contribution in [3.05, 3.63) is 29.6 Å². The lowest BCUT2D eigenvalue weighted by Gasteiger charge is -2.37. The first-order valence-electron chi connectivity index (χ1n) is 6.67. The molecule has 0 aliphatic rings. The van der Waals surface area contributed by atoms with E-state index >= 15 is 0 Å². The smallest absolute Gasteiger partial charge is 0.417 e. The first kappa shape index (κ1) is 19.2. The van der Waals surface area contributed by atoms with Crippen LogP contribution in [0.4, 0.5) is 17.6 Å². The van der Waals surface area contributed by atoms with Gasteiger partial charge in [0.1, 0.15) is 11.6 Å². The second kappa shape index (κ2) is 6.35. The van der Waals surface area contributed by atoms with Crippen LogP contribution in [0.2, 0.25) is 0 Å². The molecule has 0 bridgehead atoms. The summed E-state index contributed by atoms with van der Waals surface area (Å²) in [7, 11) is 1.28. The van der Waals surface area contributed by atoms with Crippen molar-refractivity contribution in [2.24, 2.45) is 0 Å². The van der Waals surface area contributed by atoms with Crippen molar-refractivity contribution in [2.75, 3.05) is 7.11 Å². The minimum atomic E-state index is -5.15. The Balaban J connectivity index is 3.31. The summed E-state index contributed by atoms with van der Waals surface area (Å²) in [6, 6.07) is 3.36. The zero-order valence-electron chi connectivity index (χ0n) is 12.9. The van der Waals surface area contributed by atoms with E-state index in [0.717, 1.165) is 12.1 Å². The van der Waals surface area contributed by atoms with Gasteiger partial charge in [-0.25, -0.2) is 4.39 Å². The van der Waals surface area contributed by atoms with Crippen LogP contribution in [0.3, 0.4) is 0 Å². The average molecular weight is 338 g/mol. The number of ether oxygens (including phenoxy) is 1. The number of benzene rings is 1. The van der Waals surface area contributed by atoms with Crippen molar-refractivity contribution in [3.8, 4) is 5.75 Å². The van der Waals surface area contributed by atoms with Gasteiger partial charge in [-0.15, -0.1) is 0 Å². The molecule has 0 aromatic heterocycles. The summed E-state index contributed by atoms with van der Waals surface area (Å²) >= 11 is 0. The zero-order valence-corrected chi connectivity index (χ0v) is 12.9. The second-order valence-electron chi connectivity index (χ2n) is 6.01. The molecular weight excluding hydrogens is 320 g/mol. The number of carboxylic acids is 1. The third kappa shape index (κ3) is 4.34. The van der Waals surface area contributed by atoms with Crippen molar-refractivity contribution in [2.45, 2.75) is 43.9 Å². The molecule has 0 aliphatic heterocycles. The number of alkyl halides is 3. The summed E-state index contributed by atoms with van der Waals surface area (Å²) in [4.78, 5) is 10.7. The van der Waals surface area contributed by atoms with Gasteiger partial charge >= 0.3 is 12.1 Å². The Kier molecular flexibility index (Phi) is 5.30. The van der Waals surface area contributed by atoms with Crippen LogP contribution in [0.1, 0.15) is 32.3 Å². The number of methoxy groups -OCH3 is 1. The van der Waals surface area contributed by atoms with Crippen LogP contribution >= 0.6 is 0 Å². The first-order chi connectivity index (χ1) is 10.3. The van der Waals surface area contributed by atoms with Gasteiger partial charge in [-0.05, 0) is 30.0 Å². The average Bonchev–Trinajstić information content (AvgIpc) is 2.35. The number of hydrogen-bond acceptors (Lipinski definition) is 3. The van der Waals surface area contributed by atoms with E-state index in [2.05, 4.69) is 0 Å². The molecule has 8 heteroatoms. The van der Waals surface area contributed by atoms with Crippen LogP contribution in [0, 0.1) is 5.82 Å². The summed E-state index contributed by atoms with van der Waals surface area (Å²) < 4.78 is 57.9. The highest BCUT2D eigenvalue weighted by atomic mass is 19.4. The molecule has 0 amide bonds. The molecule has 1 unspecified atom stereocenters. The summed E-state index contributed by atoms with van der Waals surface area (Å²) in [5.41, 5.74) is -4.74. The van der Waals surface area contributed by atoms with Crippen LogP contribution in [-0.4, -0.2) is 35.1 Å². The highest BCUT2D eigenvalue weighted by molar-refractivity contribution is 5.68. The van der Waals surface area contributed by atoms with E-state index in [4.69, 9.17) is 9.84 Å². The standard InChI is InChI=1S/C15H18F4O4/c1-13(2,10-6-9(16)4-5-11(10)23-3)8-14(22,7-12(20)21)15(17,18)19/h4-6,22H,7-8H2,1-3H3,(H,20,21). The van der Waals surface area contributed by atoms with Gasteiger partial charge in [0.2, 0.25) is 0 Å². The number of carboxylic acid groups (broad SMARTS) is 1. The topological polar surface area (TPSA) is 66.8 Å². The largest absolute Gasteiger partial charge is 0.496 e. The molecule has 1 aromatic rings. The molecule has 4 nitrogen and oxygen atoms in total. The summed E-state index contributed by atoms with van der Waals surface area (Å²) in [5, 5.41) is 18.6. The SMILES string of the molecule is COc1ccc(F)cc1C(C)(C)CC(O)(CC(=O)O)C(F)(F)F. The molecule has 1 atom stereocenters. The maximum atomic E-state index is 13.5. The molecular formula is C15H18F4O4. The third-order valence-electron chi connectivity index (χ3n) is 3.60. The molecule has 0 spiro atoms.